The highest BCUT2D eigenvalue weighted by Crippen LogP contribution is 1.92. The maximum Gasteiger partial charge on any atom is 0.227 e. The minimum Gasteiger partial charge on any atom is -0.340 e. The minimum absolute atomic E-state index is 0.639. The first-order valence-corrected chi connectivity index (χ1v) is 4.65. The van der Waals surface area contributed by atoms with Crippen LogP contribution in [-0.4, -0.2) is 31.4 Å². The standard InChI is InChI=1S/C8H12N6O/c1-14-7(10-5-12-14)4-9-3-2-8-11-6-13-15-8/h5-6,9H,2-4H2,1H3. The smallest absolute Gasteiger partial charge is 0.227 e. The summed E-state index contributed by atoms with van der Waals surface area (Å²) in [7, 11) is 1.86. The predicted octanol–water partition coefficient (Wildman–Crippen LogP) is -0.470. The van der Waals surface area contributed by atoms with Gasteiger partial charge in [-0.3, -0.25) is 4.68 Å². The summed E-state index contributed by atoms with van der Waals surface area (Å²) in [4.78, 5) is 8.01. The van der Waals surface area contributed by atoms with E-state index in [4.69, 9.17) is 4.52 Å². The summed E-state index contributed by atoms with van der Waals surface area (Å²) in [5, 5.41) is 10.7. The molecule has 0 amide bonds. The molecule has 0 atom stereocenters. The number of nitrogens with zero attached hydrogens (tertiary/aromatic N) is 5. The molecule has 0 aromatic carbocycles. The van der Waals surface area contributed by atoms with Gasteiger partial charge in [-0.25, -0.2) is 4.98 Å². The predicted molar refractivity (Wildman–Crippen MR) is 50.7 cm³/mol. The maximum absolute atomic E-state index is 4.86. The lowest BCUT2D eigenvalue weighted by atomic mass is 10.4. The summed E-state index contributed by atoms with van der Waals surface area (Å²) >= 11 is 0. The Morgan fingerprint density at radius 2 is 2.33 bits per heavy atom. The molecular formula is C8H12N6O. The van der Waals surface area contributed by atoms with Crippen molar-refractivity contribution in [2.24, 2.45) is 7.05 Å². The number of rotatable bonds is 5. The van der Waals surface area contributed by atoms with Crippen molar-refractivity contribution in [3.63, 3.8) is 0 Å². The second-order valence-electron chi connectivity index (χ2n) is 3.06. The highest BCUT2D eigenvalue weighted by Gasteiger charge is 2.01. The van der Waals surface area contributed by atoms with Crippen molar-refractivity contribution in [2.75, 3.05) is 6.54 Å². The van der Waals surface area contributed by atoms with Gasteiger partial charge < -0.3 is 9.84 Å². The van der Waals surface area contributed by atoms with E-state index < -0.39 is 0 Å². The molecule has 15 heavy (non-hydrogen) atoms. The molecule has 0 unspecified atom stereocenters. The molecule has 0 saturated carbocycles. The number of hydrogen-bond acceptors (Lipinski definition) is 6. The summed E-state index contributed by atoms with van der Waals surface area (Å²) in [5.41, 5.74) is 0. The summed E-state index contributed by atoms with van der Waals surface area (Å²) in [5.74, 6) is 1.54. The van der Waals surface area contributed by atoms with E-state index >= 15 is 0 Å². The summed E-state index contributed by atoms with van der Waals surface area (Å²) in [6.07, 6.45) is 3.66. The third-order valence-corrected chi connectivity index (χ3v) is 2.01. The van der Waals surface area contributed by atoms with Gasteiger partial charge in [0, 0.05) is 20.0 Å². The lowest BCUT2D eigenvalue weighted by Crippen LogP contribution is -2.19. The molecule has 0 saturated heterocycles. The fraction of sp³-hybridized carbons (Fsp3) is 0.500. The lowest BCUT2D eigenvalue weighted by molar-refractivity contribution is 0.374. The van der Waals surface area contributed by atoms with Crippen LogP contribution in [-0.2, 0) is 20.0 Å². The van der Waals surface area contributed by atoms with Gasteiger partial charge in [0.05, 0.1) is 6.54 Å². The molecule has 7 nitrogen and oxygen atoms in total. The Hall–Kier alpha value is -1.76. The van der Waals surface area contributed by atoms with Crippen LogP contribution in [0, 0.1) is 0 Å². The van der Waals surface area contributed by atoms with E-state index in [0.717, 1.165) is 18.8 Å². The maximum atomic E-state index is 4.86. The molecule has 0 aliphatic heterocycles. The first-order chi connectivity index (χ1) is 7.36. The van der Waals surface area contributed by atoms with Crippen LogP contribution in [0.15, 0.2) is 17.2 Å². The Morgan fingerprint density at radius 3 is 3.00 bits per heavy atom. The molecule has 0 aliphatic rings. The van der Waals surface area contributed by atoms with Crippen LogP contribution in [0.1, 0.15) is 11.7 Å². The van der Waals surface area contributed by atoms with Crippen LogP contribution < -0.4 is 5.32 Å². The molecule has 1 N–H and O–H groups in total. The average molecular weight is 208 g/mol. The Kier molecular flexibility index (Phi) is 3.03. The van der Waals surface area contributed by atoms with Gasteiger partial charge in [-0.2, -0.15) is 10.1 Å². The van der Waals surface area contributed by atoms with E-state index in [-0.39, 0.29) is 0 Å². The zero-order chi connectivity index (χ0) is 10.5. The molecule has 7 heteroatoms. The zero-order valence-corrected chi connectivity index (χ0v) is 8.42. The Bertz CT molecular complexity index is 395. The summed E-state index contributed by atoms with van der Waals surface area (Å²) < 4.78 is 6.60. The van der Waals surface area contributed by atoms with Crippen molar-refractivity contribution < 1.29 is 4.52 Å². The Balaban J connectivity index is 1.70. The fourth-order valence-corrected chi connectivity index (χ4v) is 1.18. The first-order valence-electron chi connectivity index (χ1n) is 4.65. The van der Waals surface area contributed by atoms with Crippen LogP contribution >= 0.6 is 0 Å². The van der Waals surface area contributed by atoms with Gasteiger partial charge >= 0.3 is 0 Å². The topological polar surface area (TPSA) is 81.7 Å². The quantitative estimate of drug-likeness (QED) is 0.669. The monoisotopic (exact) mass is 208 g/mol. The normalized spacial score (nSPS) is 10.7. The van der Waals surface area contributed by atoms with Gasteiger partial charge in [-0.05, 0) is 0 Å². The van der Waals surface area contributed by atoms with Crippen molar-refractivity contribution in [3.05, 3.63) is 24.4 Å². The van der Waals surface area contributed by atoms with Crippen LogP contribution in [0.25, 0.3) is 0 Å². The van der Waals surface area contributed by atoms with E-state index in [9.17, 15) is 0 Å². The average Bonchev–Trinajstić information content (AvgIpc) is 2.85. The van der Waals surface area contributed by atoms with E-state index in [1.165, 1.54) is 12.7 Å². The van der Waals surface area contributed by atoms with Crippen LogP contribution in [0.5, 0.6) is 0 Å². The highest BCUT2D eigenvalue weighted by molar-refractivity contribution is 4.83. The molecule has 2 aromatic heterocycles. The molecular weight excluding hydrogens is 196 g/mol. The second kappa shape index (κ2) is 4.65. The van der Waals surface area contributed by atoms with Crippen LogP contribution in [0.3, 0.4) is 0 Å². The molecule has 2 rings (SSSR count). The third kappa shape index (κ3) is 2.59. The SMILES string of the molecule is Cn1ncnc1CNCCc1ncno1. The molecule has 0 radical (unpaired) electrons. The molecule has 80 valence electrons. The zero-order valence-electron chi connectivity index (χ0n) is 8.42. The molecule has 2 aromatic rings. The van der Waals surface area contributed by atoms with Gasteiger partial charge in [0.15, 0.2) is 6.33 Å². The second-order valence-corrected chi connectivity index (χ2v) is 3.06. The van der Waals surface area contributed by atoms with Gasteiger partial charge in [0.2, 0.25) is 5.89 Å². The molecule has 0 fully saturated rings. The van der Waals surface area contributed by atoms with E-state index in [1.807, 2.05) is 7.05 Å². The van der Waals surface area contributed by atoms with Crippen molar-refractivity contribution in [1.82, 2.24) is 30.2 Å². The number of hydrogen-bond donors (Lipinski definition) is 1. The van der Waals surface area contributed by atoms with Crippen molar-refractivity contribution in [3.8, 4) is 0 Å². The van der Waals surface area contributed by atoms with Crippen molar-refractivity contribution >= 4 is 0 Å². The lowest BCUT2D eigenvalue weighted by Gasteiger charge is -2.01. The van der Waals surface area contributed by atoms with Gasteiger partial charge in [-0.15, -0.1) is 0 Å². The van der Waals surface area contributed by atoms with Gasteiger partial charge in [-0.1, -0.05) is 5.16 Å². The largest absolute Gasteiger partial charge is 0.340 e. The summed E-state index contributed by atoms with van der Waals surface area (Å²) in [6, 6.07) is 0. The molecule has 0 spiro atoms. The van der Waals surface area contributed by atoms with E-state index in [0.29, 0.717) is 12.4 Å². The Morgan fingerprint density at radius 1 is 1.40 bits per heavy atom. The van der Waals surface area contributed by atoms with Gasteiger partial charge in [0.25, 0.3) is 0 Å². The highest BCUT2D eigenvalue weighted by atomic mass is 16.5. The number of aryl methyl sites for hydroxylation is 1. The first kappa shape index (κ1) is 9.78. The fourth-order valence-electron chi connectivity index (χ4n) is 1.18. The molecule has 0 aliphatic carbocycles. The van der Waals surface area contributed by atoms with Crippen molar-refractivity contribution in [1.29, 1.82) is 0 Å². The van der Waals surface area contributed by atoms with Crippen LogP contribution in [0.2, 0.25) is 0 Å². The summed E-state index contributed by atoms with van der Waals surface area (Å²) in [6.45, 7) is 1.46. The number of nitrogens with one attached hydrogen (secondary N) is 1. The van der Waals surface area contributed by atoms with Crippen molar-refractivity contribution in [2.45, 2.75) is 13.0 Å². The van der Waals surface area contributed by atoms with E-state index in [1.54, 1.807) is 4.68 Å². The van der Waals surface area contributed by atoms with E-state index in [2.05, 4.69) is 25.5 Å². The van der Waals surface area contributed by atoms with Gasteiger partial charge in [0.1, 0.15) is 12.2 Å². The minimum atomic E-state index is 0.639. The third-order valence-electron chi connectivity index (χ3n) is 2.01. The molecule has 0 bridgehead atoms. The van der Waals surface area contributed by atoms with Crippen LogP contribution in [0.4, 0.5) is 0 Å². The Labute approximate surface area is 86.5 Å². The number of aromatic nitrogens is 5. The molecule has 2 heterocycles.